The number of carbonyl (C=O) groups excluding carboxylic acids is 3. The van der Waals surface area contributed by atoms with E-state index >= 15 is 0 Å². The van der Waals surface area contributed by atoms with Crippen LogP contribution in [0.5, 0.6) is 11.5 Å². The van der Waals surface area contributed by atoms with Gasteiger partial charge in [-0.1, -0.05) is 24.3 Å². The molecular formula is C39H64N6O8. The van der Waals surface area contributed by atoms with Crippen LogP contribution in [0.15, 0.2) is 48.5 Å². The van der Waals surface area contributed by atoms with Crippen LogP contribution in [0.2, 0.25) is 0 Å². The summed E-state index contributed by atoms with van der Waals surface area (Å²) in [6.07, 6.45) is 6.97. The Morgan fingerprint density at radius 3 is 1.40 bits per heavy atom. The van der Waals surface area contributed by atoms with Gasteiger partial charge in [0.2, 0.25) is 0 Å². The number of hydrogen-bond donors (Lipinski definition) is 6. The van der Waals surface area contributed by atoms with Crippen molar-refractivity contribution in [3.63, 3.8) is 0 Å². The van der Waals surface area contributed by atoms with Gasteiger partial charge in [-0.15, -0.1) is 0 Å². The van der Waals surface area contributed by atoms with E-state index in [4.69, 9.17) is 29.4 Å². The maximum Gasteiger partial charge on any atom is 0.407 e. The third-order valence-corrected chi connectivity index (χ3v) is 7.56. The Hall–Kier alpha value is -4.27. The molecule has 0 spiro atoms. The topological polar surface area (TPSA) is 184 Å². The zero-order valence-corrected chi connectivity index (χ0v) is 32.1. The third kappa shape index (κ3) is 25.4. The molecule has 0 radical (unpaired) electrons. The summed E-state index contributed by atoms with van der Waals surface area (Å²) in [6, 6.07) is 15.5. The average Bonchev–Trinajstić information content (AvgIpc) is 3.12. The van der Waals surface area contributed by atoms with Crippen LogP contribution in [0.4, 0.5) is 14.4 Å². The second-order valence-electron chi connectivity index (χ2n) is 13.4. The van der Waals surface area contributed by atoms with Crippen molar-refractivity contribution in [1.29, 1.82) is 0 Å². The molecule has 0 saturated carbocycles. The van der Waals surface area contributed by atoms with Gasteiger partial charge in [0, 0.05) is 32.7 Å². The predicted octanol–water partition coefficient (Wildman–Crippen LogP) is 4.69. The molecule has 2 aromatic rings. The minimum atomic E-state index is -0.490. The van der Waals surface area contributed by atoms with Gasteiger partial charge in [-0.25, -0.2) is 14.4 Å². The molecule has 0 heterocycles. The predicted molar refractivity (Wildman–Crippen MR) is 207 cm³/mol. The lowest BCUT2D eigenvalue weighted by molar-refractivity contribution is 0.0527. The Kier molecular flexibility index (Phi) is 23.9. The fourth-order valence-corrected chi connectivity index (χ4v) is 4.83. The first-order chi connectivity index (χ1) is 25.6. The number of nitrogens with two attached hydrogens (primary N) is 1. The number of alkyl carbamates (subject to hydrolysis) is 1. The highest BCUT2D eigenvalue weighted by Crippen LogP contribution is 2.15. The summed E-state index contributed by atoms with van der Waals surface area (Å²) in [6.45, 7) is 11.1. The number of amides is 5. The lowest BCUT2D eigenvalue weighted by Crippen LogP contribution is -2.39. The van der Waals surface area contributed by atoms with E-state index in [9.17, 15) is 14.4 Å². The molecule has 0 bridgehead atoms. The number of unbranched alkanes of at least 4 members (excludes halogenated alkanes) is 3. The molecule has 5 amide bonds. The molecule has 0 aliphatic carbocycles. The molecule has 14 heteroatoms. The molecule has 2 aromatic carbocycles. The van der Waals surface area contributed by atoms with Gasteiger partial charge in [-0.3, -0.25) is 0 Å². The Labute approximate surface area is 315 Å². The largest absolute Gasteiger partial charge is 0.491 e. The molecule has 298 valence electrons. The van der Waals surface area contributed by atoms with Crippen LogP contribution in [0, 0.1) is 0 Å². The first-order valence-corrected chi connectivity index (χ1v) is 18.9. The summed E-state index contributed by atoms with van der Waals surface area (Å²) in [5.74, 6) is 1.58. The van der Waals surface area contributed by atoms with E-state index in [0.29, 0.717) is 72.4 Å². The van der Waals surface area contributed by atoms with Crippen molar-refractivity contribution >= 4 is 18.2 Å². The lowest BCUT2D eigenvalue weighted by Gasteiger charge is -2.19. The maximum absolute atomic E-state index is 12.0. The smallest absolute Gasteiger partial charge is 0.407 e. The molecular weight excluding hydrogens is 680 g/mol. The highest BCUT2D eigenvalue weighted by atomic mass is 16.6. The number of carbonyl (C=O) groups is 3. The summed E-state index contributed by atoms with van der Waals surface area (Å²) in [7, 11) is 0. The molecule has 53 heavy (non-hydrogen) atoms. The van der Waals surface area contributed by atoms with Crippen LogP contribution >= 0.6 is 0 Å². The maximum atomic E-state index is 12.0. The van der Waals surface area contributed by atoms with Gasteiger partial charge in [0.05, 0.1) is 26.4 Å². The van der Waals surface area contributed by atoms with Gasteiger partial charge in [-0.05, 0) is 114 Å². The number of hydrogen-bond acceptors (Lipinski definition) is 9. The van der Waals surface area contributed by atoms with E-state index in [1.54, 1.807) is 0 Å². The van der Waals surface area contributed by atoms with Gasteiger partial charge in [0.15, 0.2) is 0 Å². The summed E-state index contributed by atoms with van der Waals surface area (Å²) in [5.41, 5.74) is 7.54. The standard InChI is InChI=1S/C39H64N6O8/c1-39(2,3)53-38(48)45-23-7-5-11-33-14-18-35(19-15-33)52-31-29-50-27-25-44-37(47)42-22-9-8-21-41-36(46)43-24-26-49-28-30-51-34-16-12-32(13-17-34)10-4-6-20-40/h12-19H,4-11,20-31,40H2,1-3H3,(H,45,48)(H2,41,43,46)(H2,42,44,47). The first-order valence-electron chi connectivity index (χ1n) is 18.9. The SMILES string of the molecule is CC(C)(C)OC(=O)NCCCCc1ccc(OCCOCCNC(=O)NCCCCNC(=O)NCCOCCOc2ccc(CCCCN)cc2)cc1. The highest BCUT2D eigenvalue weighted by molar-refractivity contribution is 5.74. The van der Waals surface area contributed by atoms with Crippen LogP contribution in [-0.4, -0.2) is 103 Å². The molecule has 14 nitrogen and oxygen atoms in total. The summed E-state index contributed by atoms with van der Waals surface area (Å²) in [4.78, 5) is 35.6. The molecule has 0 unspecified atom stereocenters. The summed E-state index contributed by atoms with van der Waals surface area (Å²) < 4.78 is 27.7. The lowest BCUT2D eigenvalue weighted by atomic mass is 10.1. The van der Waals surface area contributed by atoms with Gasteiger partial charge in [0.1, 0.15) is 30.3 Å². The van der Waals surface area contributed by atoms with E-state index in [1.807, 2.05) is 57.2 Å². The van der Waals surface area contributed by atoms with E-state index in [1.165, 1.54) is 11.1 Å². The first kappa shape index (κ1) is 44.9. The molecule has 0 saturated heterocycles. The van der Waals surface area contributed by atoms with Gasteiger partial charge in [0.25, 0.3) is 0 Å². The van der Waals surface area contributed by atoms with Crippen LogP contribution in [0.3, 0.4) is 0 Å². The average molecular weight is 745 g/mol. The monoisotopic (exact) mass is 744 g/mol. The Bertz CT molecular complexity index is 1260. The normalized spacial score (nSPS) is 11.0. The van der Waals surface area contributed by atoms with Gasteiger partial charge < -0.3 is 56.0 Å². The van der Waals surface area contributed by atoms with Crippen molar-refractivity contribution in [1.82, 2.24) is 26.6 Å². The zero-order valence-electron chi connectivity index (χ0n) is 32.1. The summed E-state index contributed by atoms with van der Waals surface area (Å²) >= 11 is 0. The van der Waals surface area contributed by atoms with Crippen molar-refractivity contribution in [3.8, 4) is 11.5 Å². The van der Waals surface area contributed by atoms with Crippen molar-refractivity contribution in [2.24, 2.45) is 5.73 Å². The molecule has 0 aromatic heterocycles. The van der Waals surface area contributed by atoms with Crippen molar-refractivity contribution in [2.45, 2.75) is 77.7 Å². The van der Waals surface area contributed by atoms with E-state index in [0.717, 1.165) is 69.4 Å². The van der Waals surface area contributed by atoms with Crippen LogP contribution in [-0.2, 0) is 27.1 Å². The Morgan fingerprint density at radius 1 is 0.528 bits per heavy atom. The Balaban J connectivity index is 1.33. The van der Waals surface area contributed by atoms with E-state index in [2.05, 4.69) is 38.7 Å². The molecule has 0 fully saturated rings. The minimum absolute atomic E-state index is 0.250. The van der Waals surface area contributed by atoms with E-state index < -0.39 is 5.60 Å². The highest BCUT2D eigenvalue weighted by Gasteiger charge is 2.15. The number of ether oxygens (including phenoxy) is 5. The number of urea groups is 2. The van der Waals surface area contributed by atoms with Crippen molar-refractivity contribution in [3.05, 3.63) is 59.7 Å². The van der Waals surface area contributed by atoms with Crippen LogP contribution in [0.1, 0.15) is 70.4 Å². The molecule has 0 atom stereocenters. The van der Waals surface area contributed by atoms with Crippen molar-refractivity contribution < 1.29 is 38.1 Å². The quantitative estimate of drug-likeness (QED) is 0.0674. The molecule has 0 aliphatic heterocycles. The number of nitrogens with one attached hydrogen (secondary N) is 5. The molecule has 0 aliphatic rings. The second-order valence-corrected chi connectivity index (χ2v) is 13.4. The molecule has 7 N–H and O–H groups in total. The third-order valence-electron chi connectivity index (χ3n) is 7.56. The van der Waals surface area contributed by atoms with E-state index in [-0.39, 0.29) is 18.2 Å². The van der Waals surface area contributed by atoms with Gasteiger partial charge >= 0.3 is 18.2 Å². The van der Waals surface area contributed by atoms with Crippen LogP contribution in [0.25, 0.3) is 0 Å². The fraction of sp³-hybridized carbons (Fsp3) is 0.615. The zero-order chi connectivity index (χ0) is 38.4. The molecule has 2 rings (SSSR count). The van der Waals surface area contributed by atoms with Crippen LogP contribution < -0.4 is 41.8 Å². The second kappa shape index (κ2) is 28.3. The summed E-state index contributed by atoms with van der Waals surface area (Å²) in [5, 5.41) is 13.9. The van der Waals surface area contributed by atoms with Crippen molar-refractivity contribution in [2.75, 3.05) is 78.9 Å². The minimum Gasteiger partial charge on any atom is -0.491 e. The Morgan fingerprint density at radius 2 is 0.943 bits per heavy atom. The van der Waals surface area contributed by atoms with Gasteiger partial charge in [-0.2, -0.15) is 0 Å². The fourth-order valence-electron chi connectivity index (χ4n) is 4.83. The number of rotatable bonds is 28. The number of benzene rings is 2. The number of aryl methyl sites for hydroxylation is 2.